The van der Waals surface area contributed by atoms with Crippen molar-refractivity contribution < 1.29 is 14.3 Å². The number of halogens is 1. The van der Waals surface area contributed by atoms with Gasteiger partial charge in [0.25, 0.3) is 0 Å². The number of aliphatic hydroxyl groups excluding tert-OH is 1. The average molecular weight is 346 g/mol. The van der Waals surface area contributed by atoms with Crippen molar-refractivity contribution in [3.63, 3.8) is 0 Å². The first-order chi connectivity index (χ1) is 12.0. The lowest BCUT2D eigenvalue weighted by Gasteiger charge is -2.34. The molecular formula is C18H23FN4O2. The van der Waals surface area contributed by atoms with Crippen molar-refractivity contribution in [1.82, 2.24) is 14.5 Å². The Labute approximate surface area is 146 Å². The fourth-order valence-electron chi connectivity index (χ4n) is 3.25. The number of urea groups is 1. The number of piperidine rings is 1. The van der Waals surface area contributed by atoms with Gasteiger partial charge in [-0.05, 0) is 37.5 Å². The van der Waals surface area contributed by atoms with Gasteiger partial charge in [0.2, 0.25) is 0 Å². The summed E-state index contributed by atoms with van der Waals surface area (Å²) in [5.74, 6) is 0.0421. The largest absolute Gasteiger partial charge is 0.385 e. The molecule has 2 N–H and O–H groups in total. The van der Waals surface area contributed by atoms with Gasteiger partial charge < -0.3 is 19.9 Å². The number of imidazole rings is 1. The monoisotopic (exact) mass is 346 g/mol. The number of likely N-dealkylation sites (tertiary alicyclic amines) is 1. The minimum atomic E-state index is -0.730. The van der Waals surface area contributed by atoms with E-state index in [-0.39, 0.29) is 17.6 Å². The molecule has 1 aliphatic heterocycles. The lowest BCUT2D eigenvalue weighted by molar-refractivity contribution is 0.0552. The molecule has 134 valence electrons. The summed E-state index contributed by atoms with van der Waals surface area (Å²) in [6.45, 7) is 2.84. The summed E-state index contributed by atoms with van der Waals surface area (Å²) < 4.78 is 15.6. The Bertz CT molecular complexity index is 761. The van der Waals surface area contributed by atoms with Gasteiger partial charge in [0.15, 0.2) is 0 Å². The molecule has 1 aliphatic rings. The normalized spacial score (nSPS) is 18.9. The van der Waals surface area contributed by atoms with E-state index in [1.165, 1.54) is 6.07 Å². The highest BCUT2D eigenvalue weighted by Gasteiger charge is 2.31. The van der Waals surface area contributed by atoms with E-state index in [2.05, 4.69) is 10.3 Å². The predicted molar refractivity (Wildman–Crippen MR) is 92.6 cm³/mol. The predicted octanol–water partition coefficient (Wildman–Crippen LogP) is 2.85. The molecule has 1 fully saturated rings. The Balaban J connectivity index is 1.67. The highest BCUT2D eigenvalue weighted by atomic mass is 19.1. The van der Waals surface area contributed by atoms with Gasteiger partial charge in [-0.1, -0.05) is 6.07 Å². The van der Waals surface area contributed by atoms with Crippen LogP contribution in [0, 0.1) is 18.7 Å². The van der Waals surface area contributed by atoms with Crippen LogP contribution in [-0.4, -0.2) is 38.7 Å². The molecule has 1 aromatic carbocycles. The van der Waals surface area contributed by atoms with Crippen LogP contribution in [0.3, 0.4) is 0 Å². The summed E-state index contributed by atoms with van der Waals surface area (Å²) in [7, 11) is 1.83. The van der Waals surface area contributed by atoms with Crippen molar-refractivity contribution in [2.24, 2.45) is 13.0 Å². The van der Waals surface area contributed by atoms with E-state index in [1.807, 2.05) is 14.0 Å². The lowest BCUT2D eigenvalue weighted by atomic mass is 9.92. The number of amides is 2. The van der Waals surface area contributed by atoms with Gasteiger partial charge in [0.1, 0.15) is 17.7 Å². The molecule has 0 aliphatic carbocycles. The molecule has 7 heteroatoms. The molecule has 1 saturated heterocycles. The number of hydrogen-bond acceptors (Lipinski definition) is 3. The number of hydrogen-bond donors (Lipinski definition) is 2. The van der Waals surface area contributed by atoms with Gasteiger partial charge >= 0.3 is 6.03 Å². The van der Waals surface area contributed by atoms with Gasteiger partial charge in [0, 0.05) is 38.4 Å². The van der Waals surface area contributed by atoms with Gasteiger partial charge in [-0.3, -0.25) is 0 Å². The van der Waals surface area contributed by atoms with Crippen LogP contribution in [0.1, 0.15) is 30.3 Å². The van der Waals surface area contributed by atoms with E-state index >= 15 is 0 Å². The number of aryl methyl sites for hydroxylation is 2. The van der Waals surface area contributed by atoms with E-state index in [0.717, 1.165) is 18.4 Å². The zero-order valence-electron chi connectivity index (χ0n) is 14.4. The van der Waals surface area contributed by atoms with Crippen molar-refractivity contribution in [3.05, 3.63) is 47.8 Å². The summed E-state index contributed by atoms with van der Waals surface area (Å²) >= 11 is 0. The fourth-order valence-corrected chi connectivity index (χ4v) is 3.25. The first-order valence-corrected chi connectivity index (χ1v) is 8.43. The molecule has 2 amide bonds. The highest BCUT2D eigenvalue weighted by molar-refractivity contribution is 5.89. The number of rotatable bonds is 3. The Morgan fingerprint density at radius 3 is 3.00 bits per heavy atom. The number of benzene rings is 1. The van der Waals surface area contributed by atoms with Crippen LogP contribution >= 0.6 is 0 Å². The van der Waals surface area contributed by atoms with E-state index in [9.17, 15) is 14.3 Å². The first kappa shape index (κ1) is 17.4. The second-order valence-corrected chi connectivity index (χ2v) is 6.60. The highest BCUT2D eigenvalue weighted by Crippen LogP contribution is 2.29. The maximum atomic E-state index is 13.8. The molecule has 2 unspecified atom stereocenters. The number of anilines is 1. The van der Waals surface area contributed by atoms with Crippen molar-refractivity contribution >= 4 is 11.7 Å². The first-order valence-electron chi connectivity index (χ1n) is 8.43. The molecular weight excluding hydrogens is 323 g/mol. The Kier molecular flexibility index (Phi) is 5.03. The van der Waals surface area contributed by atoms with Crippen molar-refractivity contribution in [3.8, 4) is 0 Å². The van der Waals surface area contributed by atoms with E-state index in [1.54, 1.807) is 34.0 Å². The summed E-state index contributed by atoms with van der Waals surface area (Å²) in [4.78, 5) is 18.3. The molecule has 0 spiro atoms. The van der Waals surface area contributed by atoms with Gasteiger partial charge in [0.05, 0.1) is 5.69 Å². The van der Waals surface area contributed by atoms with Crippen LogP contribution in [0.25, 0.3) is 0 Å². The van der Waals surface area contributed by atoms with Crippen LogP contribution in [0.15, 0.2) is 30.6 Å². The topological polar surface area (TPSA) is 70.4 Å². The van der Waals surface area contributed by atoms with Crippen LogP contribution in [0.4, 0.5) is 14.9 Å². The Morgan fingerprint density at radius 1 is 1.48 bits per heavy atom. The molecule has 0 saturated carbocycles. The van der Waals surface area contributed by atoms with Crippen LogP contribution in [0.2, 0.25) is 0 Å². The van der Waals surface area contributed by atoms with Crippen LogP contribution < -0.4 is 5.32 Å². The molecule has 1 aromatic heterocycles. The molecule has 6 nitrogen and oxygen atoms in total. The van der Waals surface area contributed by atoms with Gasteiger partial charge in [-0.25, -0.2) is 14.2 Å². The third kappa shape index (κ3) is 3.82. The Hall–Kier alpha value is -2.41. The van der Waals surface area contributed by atoms with E-state index in [0.29, 0.717) is 18.9 Å². The smallest absolute Gasteiger partial charge is 0.321 e. The molecule has 2 heterocycles. The number of nitrogens with one attached hydrogen (secondary N) is 1. The second kappa shape index (κ2) is 7.23. The molecule has 2 atom stereocenters. The summed E-state index contributed by atoms with van der Waals surface area (Å²) in [5.41, 5.74) is 1.05. The second-order valence-electron chi connectivity index (χ2n) is 6.60. The molecule has 3 rings (SSSR count). The molecule has 2 aromatic rings. The minimum Gasteiger partial charge on any atom is -0.385 e. The van der Waals surface area contributed by atoms with E-state index in [4.69, 9.17) is 0 Å². The van der Waals surface area contributed by atoms with E-state index < -0.39 is 11.9 Å². The molecule has 25 heavy (non-hydrogen) atoms. The third-order valence-electron chi connectivity index (χ3n) is 4.68. The van der Waals surface area contributed by atoms with Crippen LogP contribution in [0.5, 0.6) is 0 Å². The maximum absolute atomic E-state index is 13.8. The summed E-state index contributed by atoms with van der Waals surface area (Å²) in [5, 5.41) is 13.2. The SMILES string of the molecule is Cc1ccc(F)c(NC(=O)N2CCCC(C(O)c3nccn3C)C2)c1. The van der Waals surface area contributed by atoms with Gasteiger partial charge in [-0.2, -0.15) is 0 Å². The quantitative estimate of drug-likeness (QED) is 0.898. The fraction of sp³-hybridized carbons (Fsp3) is 0.444. The molecule has 0 radical (unpaired) electrons. The summed E-state index contributed by atoms with van der Waals surface area (Å²) in [6, 6.07) is 4.26. The number of aromatic nitrogens is 2. The van der Waals surface area contributed by atoms with Crippen LogP contribution in [-0.2, 0) is 7.05 Å². The average Bonchev–Trinajstić information content (AvgIpc) is 3.03. The zero-order chi connectivity index (χ0) is 18.0. The third-order valence-corrected chi connectivity index (χ3v) is 4.68. The van der Waals surface area contributed by atoms with Crippen molar-refractivity contribution in [1.29, 1.82) is 0 Å². The molecule has 0 bridgehead atoms. The number of nitrogens with zero attached hydrogens (tertiary/aromatic N) is 3. The zero-order valence-corrected chi connectivity index (χ0v) is 14.4. The lowest BCUT2D eigenvalue weighted by Crippen LogP contribution is -2.44. The minimum absolute atomic E-state index is 0.0945. The number of carbonyl (C=O) groups is 1. The maximum Gasteiger partial charge on any atom is 0.321 e. The number of aliphatic hydroxyl groups is 1. The number of carbonyl (C=O) groups excluding carboxylic acids is 1. The van der Waals surface area contributed by atoms with Crippen molar-refractivity contribution in [2.75, 3.05) is 18.4 Å². The standard InChI is InChI=1S/C18H23FN4O2/c1-12-5-6-14(19)15(10-12)21-18(25)23-8-3-4-13(11-23)16(24)17-20-7-9-22(17)2/h5-7,9-10,13,16,24H,3-4,8,11H2,1-2H3,(H,21,25). The Morgan fingerprint density at radius 2 is 2.28 bits per heavy atom. The van der Waals surface area contributed by atoms with Gasteiger partial charge in [-0.15, -0.1) is 0 Å². The van der Waals surface area contributed by atoms with Crippen molar-refractivity contribution in [2.45, 2.75) is 25.9 Å². The summed E-state index contributed by atoms with van der Waals surface area (Å²) in [6.07, 6.45) is 4.30.